The zero-order chi connectivity index (χ0) is 21.3. The normalized spacial score (nSPS) is 32.5. The first-order valence-corrected chi connectivity index (χ1v) is 10.5. The summed E-state index contributed by atoms with van der Waals surface area (Å²) < 4.78 is 10.5. The maximum absolute atomic E-state index is 13.0. The summed E-state index contributed by atoms with van der Waals surface area (Å²) in [7, 11) is 1.34. The highest BCUT2D eigenvalue weighted by Crippen LogP contribution is 2.65. The fraction of sp³-hybridized carbons (Fsp3) is 0.333. The molecule has 1 aromatic heterocycles. The Morgan fingerprint density at radius 3 is 2.29 bits per heavy atom. The van der Waals surface area contributed by atoms with Gasteiger partial charge in [0.2, 0.25) is 0 Å². The third kappa shape index (κ3) is 2.65. The average molecular weight is 416 g/mol. The molecule has 0 radical (unpaired) electrons. The lowest BCUT2D eigenvalue weighted by molar-refractivity contribution is -0.140. The number of amides is 2. The van der Waals surface area contributed by atoms with Crippen molar-refractivity contribution in [3.63, 3.8) is 0 Å². The summed E-state index contributed by atoms with van der Waals surface area (Å²) in [4.78, 5) is 37.5. The topological polar surface area (TPSA) is 89.2 Å². The van der Waals surface area contributed by atoms with Crippen LogP contribution in [0.2, 0.25) is 0 Å². The molecule has 2 aromatic rings. The zero-order valence-electron chi connectivity index (χ0n) is 16.8. The van der Waals surface area contributed by atoms with E-state index in [9.17, 15) is 14.4 Å². The van der Waals surface area contributed by atoms with Crippen molar-refractivity contribution >= 4 is 24.0 Å². The van der Waals surface area contributed by atoms with Crippen LogP contribution in [0.5, 0.6) is 0 Å². The van der Waals surface area contributed by atoms with E-state index >= 15 is 0 Å². The second-order valence-electron chi connectivity index (χ2n) is 8.66. The summed E-state index contributed by atoms with van der Waals surface area (Å²) in [5.74, 6) is 1.21. The van der Waals surface area contributed by atoms with Crippen molar-refractivity contribution in [2.24, 2.45) is 40.6 Å². The fourth-order valence-electron chi connectivity index (χ4n) is 5.64. The van der Waals surface area contributed by atoms with Crippen LogP contribution in [0, 0.1) is 35.5 Å². The van der Waals surface area contributed by atoms with Crippen LogP contribution in [-0.4, -0.2) is 36.1 Å². The van der Waals surface area contributed by atoms with E-state index < -0.39 is 5.97 Å². The van der Waals surface area contributed by atoms with Crippen LogP contribution in [0.25, 0.3) is 11.3 Å². The Balaban J connectivity index is 1.20. The van der Waals surface area contributed by atoms with Crippen LogP contribution >= 0.6 is 0 Å². The van der Waals surface area contributed by atoms with Crippen molar-refractivity contribution in [3.05, 3.63) is 59.9 Å². The Labute approximate surface area is 178 Å². The van der Waals surface area contributed by atoms with Gasteiger partial charge in [-0.25, -0.2) is 4.79 Å². The highest BCUT2D eigenvalue weighted by atomic mass is 16.5. The minimum absolute atomic E-state index is 0.180. The van der Waals surface area contributed by atoms with E-state index in [1.165, 1.54) is 13.3 Å². The van der Waals surface area contributed by atoms with Gasteiger partial charge in [0.1, 0.15) is 11.5 Å². The van der Waals surface area contributed by atoms with Gasteiger partial charge in [0.25, 0.3) is 11.8 Å². The minimum Gasteiger partial charge on any atom is -0.465 e. The molecular weight excluding hydrogens is 396 g/mol. The Morgan fingerprint density at radius 2 is 1.68 bits per heavy atom. The number of carbonyl (C=O) groups excluding carboxylic acids is 3. The van der Waals surface area contributed by atoms with Crippen LogP contribution in [0.15, 0.2) is 58.1 Å². The number of ether oxygens (including phenoxy) is 1. The smallest absolute Gasteiger partial charge is 0.337 e. The summed E-state index contributed by atoms with van der Waals surface area (Å²) in [5, 5.41) is 5.24. The lowest BCUT2D eigenvalue weighted by Gasteiger charge is -2.37. The number of carbonyl (C=O) groups is 3. The summed E-state index contributed by atoms with van der Waals surface area (Å²) >= 11 is 0. The van der Waals surface area contributed by atoms with Gasteiger partial charge in [-0.1, -0.05) is 24.3 Å². The Morgan fingerprint density at radius 1 is 1.03 bits per heavy atom. The Bertz CT molecular complexity index is 1120. The van der Waals surface area contributed by atoms with Gasteiger partial charge >= 0.3 is 5.97 Å². The van der Waals surface area contributed by atoms with E-state index in [1.54, 1.807) is 36.4 Å². The molecule has 0 N–H and O–H groups in total. The maximum atomic E-state index is 13.0. The number of esters is 1. The predicted octanol–water partition coefficient (Wildman–Crippen LogP) is 3.12. The SMILES string of the molecule is COC(=O)c1ccc(-c2ccc(/C=N\N3C(=O)[C@@H]4[C@H]5C=C[C@@H]([C@@H]6C[C@@H]56)[C@@H]4C3=O)o2)cc1. The Hall–Kier alpha value is -3.48. The van der Waals surface area contributed by atoms with Gasteiger partial charge in [-0.2, -0.15) is 10.1 Å². The van der Waals surface area contributed by atoms with E-state index in [4.69, 9.17) is 9.15 Å². The van der Waals surface area contributed by atoms with E-state index in [-0.39, 0.29) is 35.5 Å². The van der Waals surface area contributed by atoms with Crippen LogP contribution in [0.4, 0.5) is 0 Å². The van der Waals surface area contributed by atoms with Crippen molar-refractivity contribution < 1.29 is 23.5 Å². The highest BCUT2D eigenvalue weighted by Gasteiger charge is 2.67. The molecule has 4 aliphatic carbocycles. The van der Waals surface area contributed by atoms with Crippen molar-refractivity contribution in [3.8, 4) is 11.3 Å². The largest absolute Gasteiger partial charge is 0.465 e. The molecule has 2 amide bonds. The maximum Gasteiger partial charge on any atom is 0.337 e. The molecule has 2 saturated carbocycles. The molecule has 0 spiro atoms. The number of hydrazone groups is 1. The third-order valence-corrected chi connectivity index (χ3v) is 7.16. The van der Waals surface area contributed by atoms with Crippen LogP contribution in [0.3, 0.4) is 0 Å². The van der Waals surface area contributed by atoms with Gasteiger partial charge in [0.15, 0.2) is 0 Å². The number of allylic oxidation sites excluding steroid dienone is 2. The molecule has 2 heterocycles. The molecule has 0 unspecified atom stereocenters. The number of benzene rings is 1. The monoisotopic (exact) mass is 416 g/mol. The van der Waals surface area contributed by atoms with E-state index in [2.05, 4.69) is 17.3 Å². The molecule has 1 aliphatic heterocycles. The van der Waals surface area contributed by atoms with Crippen molar-refractivity contribution in [2.75, 3.05) is 7.11 Å². The molecule has 31 heavy (non-hydrogen) atoms. The van der Waals surface area contributed by atoms with E-state index in [0.29, 0.717) is 28.9 Å². The van der Waals surface area contributed by atoms with Crippen molar-refractivity contribution in [2.45, 2.75) is 6.42 Å². The first-order chi connectivity index (χ1) is 15.1. The number of nitrogens with zero attached hydrogens (tertiary/aromatic N) is 2. The standard InChI is InChI=1S/C24H20N2O5/c1-30-24(29)13-4-2-12(3-5-13)19-9-6-14(31-19)11-25-26-22(27)20-15-7-8-16(18-10-17(15)18)21(20)23(26)28/h2-9,11,15-18,20-21H,10H2,1H3/b25-11-/t15-,16-,17-,18-,20-,21+/m0/s1. The number of hydrogen-bond acceptors (Lipinski definition) is 6. The minimum atomic E-state index is -0.403. The second kappa shape index (κ2) is 6.51. The van der Waals surface area contributed by atoms with Crippen LogP contribution in [-0.2, 0) is 14.3 Å². The molecule has 5 aliphatic rings. The number of rotatable bonds is 4. The molecule has 6 atom stereocenters. The number of imide groups is 1. The lowest BCUT2D eigenvalue weighted by atomic mass is 9.63. The summed E-state index contributed by atoms with van der Waals surface area (Å²) in [6, 6.07) is 10.4. The molecule has 2 bridgehead atoms. The molecule has 1 aromatic carbocycles. The van der Waals surface area contributed by atoms with Gasteiger partial charge in [0.05, 0.1) is 30.7 Å². The van der Waals surface area contributed by atoms with Crippen LogP contribution < -0.4 is 0 Å². The first-order valence-electron chi connectivity index (χ1n) is 10.5. The zero-order valence-corrected chi connectivity index (χ0v) is 16.8. The molecule has 7 heteroatoms. The van der Waals surface area contributed by atoms with Crippen molar-refractivity contribution in [1.82, 2.24) is 5.01 Å². The number of hydrogen-bond donors (Lipinski definition) is 0. The molecule has 3 fully saturated rings. The molecule has 7 rings (SSSR count). The van der Waals surface area contributed by atoms with Gasteiger partial charge < -0.3 is 9.15 Å². The molecular formula is C24H20N2O5. The highest BCUT2D eigenvalue weighted by molar-refractivity contribution is 6.06. The summed E-state index contributed by atoms with van der Waals surface area (Å²) in [6.45, 7) is 0. The van der Waals surface area contributed by atoms with Gasteiger partial charge in [-0.3, -0.25) is 9.59 Å². The fourth-order valence-corrected chi connectivity index (χ4v) is 5.64. The van der Waals surface area contributed by atoms with Gasteiger partial charge in [-0.15, -0.1) is 0 Å². The van der Waals surface area contributed by atoms with Crippen molar-refractivity contribution in [1.29, 1.82) is 0 Å². The number of furan rings is 1. The number of methoxy groups -OCH3 is 1. The summed E-state index contributed by atoms with van der Waals surface area (Å²) in [5.41, 5.74) is 1.24. The van der Waals surface area contributed by atoms with E-state index in [1.807, 2.05) is 0 Å². The van der Waals surface area contributed by atoms with Gasteiger partial charge in [-0.05, 0) is 54.4 Å². The predicted molar refractivity (Wildman–Crippen MR) is 110 cm³/mol. The molecule has 1 saturated heterocycles. The van der Waals surface area contributed by atoms with Crippen LogP contribution in [0.1, 0.15) is 22.5 Å². The first kappa shape index (κ1) is 18.3. The Kier molecular flexibility index (Phi) is 3.84. The lowest BCUT2D eigenvalue weighted by Crippen LogP contribution is -2.40. The molecule has 156 valence electrons. The second-order valence-corrected chi connectivity index (χ2v) is 8.66. The van der Waals surface area contributed by atoms with E-state index in [0.717, 1.165) is 17.0 Å². The third-order valence-electron chi connectivity index (χ3n) is 7.16. The molecule has 7 nitrogen and oxygen atoms in total. The van der Waals surface area contributed by atoms with Gasteiger partial charge in [0, 0.05) is 5.56 Å². The summed E-state index contributed by atoms with van der Waals surface area (Å²) in [6.07, 6.45) is 6.83. The average Bonchev–Trinajstić information content (AvgIpc) is 3.44. The quantitative estimate of drug-likeness (QED) is 0.331.